The Hall–Kier alpha value is -3.29. The maximum atomic E-state index is 16.0. The average Bonchev–Trinajstić information content (AvgIpc) is 2.90. The molecule has 1 N–H and O–H groups in total. The van der Waals surface area contributed by atoms with Crippen LogP contribution in [0.15, 0.2) is 48.7 Å². The SMILES string of the molecule is Cc1c(-c2ccccn2)nc2cc(F)c(CC(C)C)c(F)c2c1Nc1cc(N2CCOCC2)ccc1Cl. The number of aromatic nitrogens is 2. The Morgan fingerprint density at radius 3 is 2.59 bits per heavy atom. The normalized spacial score (nSPS) is 14.0. The molecule has 0 bridgehead atoms. The number of rotatable bonds is 6. The van der Waals surface area contributed by atoms with Crippen LogP contribution in [0.2, 0.25) is 5.02 Å². The molecule has 8 heteroatoms. The molecule has 37 heavy (non-hydrogen) atoms. The van der Waals surface area contributed by atoms with Crippen LogP contribution in [0.3, 0.4) is 0 Å². The first-order chi connectivity index (χ1) is 17.8. The lowest BCUT2D eigenvalue weighted by Gasteiger charge is -2.29. The van der Waals surface area contributed by atoms with Gasteiger partial charge in [0.05, 0.1) is 51.9 Å². The molecule has 1 fully saturated rings. The molecule has 0 aliphatic carbocycles. The lowest BCUT2D eigenvalue weighted by atomic mass is 9.96. The van der Waals surface area contributed by atoms with E-state index in [1.54, 1.807) is 6.20 Å². The number of nitrogens with one attached hydrogen (secondary N) is 1. The van der Waals surface area contributed by atoms with Crippen molar-refractivity contribution in [1.82, 2.24) is 9.97 Å². The summed E-state index contributed by atoms with van der Waals surface area (Å²) in [5.74, 6) is -1.12. The van der Waals surface area contributed by atoms with Gasteiger partial charge < -0.3 is 15.0 Å². The first-order valence-electron chi connectivity index (χ1n) is 12.4. The molecule has 1 aliphatic heterocycles. The van der Waals surface area contributed by atoms with Crippen LogP contribution in [0.1, 0.15) is 25.0 Å². The molecule has 2 aromatic heterocycles. The van der Waals surface area contributed by atoms with E-state index in [2.05, 4.69) is 20.2 Å². The fraction of sp³-hybridized carbons (Fsp3) is 0.310. The van der Waals surface area contributed by atoms with Gasteiger partial charge >= 0.3 is 0 Å². The second kappa shape index (κ2) is 10.6. The van der Waals surface area contributed by atoms with Gasteiger partial charge in [-0.3, -0.25) is 4.98 Å². The molecule has 2 aromatic carbocycles. The summed E-state index contributed by atoms with van der Waals surface area (Å²) in [6, 6.07) is 12.6. The lowest BCUT2D eigenvalue weighted by molar-refractivity contribution is 0.122. The zero-order valence-corrected chi connectivity index (χ0v) is 21.9. The van der Waals surface area contributed by atoms with E-state index >= 15 is 8.78 Å². The van der Waals surface area contributed by atoms with Gasteiger partial charge in [0.1, 0.15) is 11.6 Å². The summed E-state index contributed by atoms with van der Waals surface area (Å²) in [5.41, 5.74) is 4.25. The Labute approximate surface area is 220 Å². The number of hydrogen-bond acceptors (Lipinski definition) is 5. The molecule has 0 amide bonds. The minimum Gasteiger partial charge on any atom is -0.378 e. The highest BCUT2D eigenvalue weighted by Gasteiger charge is 2.23. The van der Waals surface area contributed by atoms with Gasteiger partial charge in [-0.1, -0.05) is 31.5 Å². The van der Waals surface area contributed by atoms with Crippen LogP contribution in [-0.2, 0) is 11.2 Å². The van der Waals surface area contributed by atoms with Gasteiger partial charge in [-0.2, -0.15) is 0 Å². The van der Waals surface area contributed by atoms with Crippen molar-refractivity contribution in [2.24, 2.45) is 5.92 Å². The molecule has 3 heterocycles. The molecule has 192 valence electrons. The largest absolute Gasteiger partial charge is 0.378 e. The number of benzene rings is 2. The number of anilines is 3. The third-order valence-electron chi connectivity index (χ3n) is 6.61. The van der Waals surface area contributed by atoms with E-state index < -0.39 is 11.6 Å². The average molecular weight is 523 g/mol. The number of hydrogen-bond donors (Lipinski definition) is 1. The van der Waals surface area contributed by atoms with E-state index in [4.69, 9.17) is 16.3 Å². The molecule has 0 atom stereocenters. The predicted molar refractivity (Wildman–Crippen MR) is 146 cm³/mol. The summed E-state index contributed by atoms with van der Waals surface area (Å²) >= 11 is 6.62. The van der Waals surface area contributed by atoms with E-state index in [0.29, 0.717) is 46.6 Å². The maximum absolute atomic E-state index is 16.0. The van der Waals surface area contributed by atoms with Crippen LogP contribution < -0.4 is 10.2 Å². The summed E-state index contributed by atoms with van der Waals surface area (Å²) < 4.78 is 36.6. The van der Waals surface area contributed by atoms with Gasteiger partial charge in [0.25, 0.3) is 0 Å². The fourth-order valence-electron chi connectivity index (χ4n) is 4.75. The third kappa shape index (κ3) is 5.11. The predicted octanol–water partition coefficient (Wildman–Crippen LogP) is 7.32. The summed E-state index contributed by atoms with van der Waals surface area (Å²) in [6.07, 6.45) is 1.95. The highest BCUT2D eigenvalue weighted by molar-refractivity contribution is 6.33. The van der Waals surface area contributed by atoms with E-state index in [-0.39, 0.29) is 28.8 Å². The number of pyridine rings is 2. The summed E-state index contributed by atoms with van der Waals surface area (Å²) in [7, 11) is 0. The van der Waals surface area contributed by atoms with Crippen molar-refractivity contribution >= 4 is 39.6 Å². The Balaban J connectivity index is 1.71. The van der Waals surface area contributed by atoms with Crippen molar-refractivity contribution in [1.29, 1.82) is 0 Å². The lowest BCUT2D eigenvalue weighted by Crippen LogP contribution is -2.36. The van der Waals surface area contributed by atoms with Crippen LogP contribution >= 0.6 is 11.6 Å². The monoisotopic (exact) mass is 522 g/mol. The maximum Gasteiger partial charge on any atom is 0.140 e. The van der Waals surface area contributed by atoms with E-state index in [1.807, 2.05) is 57.2 Å². The summed E-state index contributed by atoms with van der Waals surface area (Å²) in [5, 5.41) is 4.12. The third-order valence-corrected chi connectivity index (χ3v) is 6.94. The molecule has 1 saturated heterocycles. The molecular weight excluding hydrogens is 494 g/mol. The molecule has 0 spiro atoms. The van der Waals surface area contributed by atoms with Crippen molar-refractivity contribution < 1.29 is 13.5 Å². The van der Waals surface area contributed by atoms with Gasteiger partial charge in [-0.05, 0) is 49.6 Å². The van der Waals surface area contributed by atoms with Crippen LogP contribution in [0.4, 0.5) is 25.8 Å². The summed E-state index contributed by atoms with van der Waals surface area (Å²) in [4.78, 5) is 11.3. The van der Waals surface area contributed by atoms with Gasteiger partial charge in [-0.15, -0.1) is 0 Å². The number of fused-ring (bicyclic) bond motifs is 1. The molecule has 0 saturated carbocycles. The number of nitrogens with zero attached hydrogens (tertiary/aromatic N) is 3. The van der Waals surface area contributed by atoms with Crippen LogP contribution in [-0.4, -0.2) is 36.3 Å². The number of halogens is 3. The van der Waals surface area contributed by atoms with Gasteiger partial charge in [0.15, 0.2) is 0 Å². The fourth-order valence-corrected chi connectivity index (χ4v) is 4.91. The quantitative estimate of drug-likeness (QED) is 0.287. The Bertz CT molecular complexity index is 1440. The summed E-state index contributed by atoms with van der Waals surface area (Å²) in [6.45, 7) is 8.59. The first kappa shape index (κ1) is 25.4. The molecular formula is C29H29ClF2N4O. The minimum absolute atomic E-state index is 0.0606. The van der Waals surface area contributed by atoms with E-state index in [1.165, 1.54) is 6.07 Å². The Morgan fingerprint density at radius 1 is 1.11 bits per heavy atom. The molecule has 5 nitrogen and oxygen atoms in total. The molecule has 5 rings (SSSR count). The highest BCUT2D eigenvalue weighted by atomic mass is 35.5. The number of morpholine rings is 1. The van der Waals surface area contributed by atoms with Crippen LogP contribution in [0.5, 0.6) is 0 Å². The van der Waals surface area contributed by atoms with Crippen molar-refractivity contribution in [2.45, 2.75) is 27.2 Å². The Kier molecular flexibility index (Phi) is 7.26. The van der Waals surface area contributed by atoms with Crippen molar-refractivity contribution in [3.63, 3.8) is 0 Å². The van der Waals surface area contributed by atoms with Gasteiger partial charge in [0.2, 0.25) is 0 Å². The molecule has 0 radical (unpaired) electrons. The van der Waals surface area contributed by atoms with Crippen molar-refractivity contribution in [2.75, 3.05) is 36.5 Å². The topological polar surface area (TPSA) is 50.3 Å². The van der Waals surface area contributed by atoms with Crippen LogP contribution in [0, 0.1) is 24.5 Å². The second-order valence-corrected chi connectivity index (χ2v) is 10.1. The minimum atomic E-state index is -0.602. The first-order valence-corrected chi connectivity index (χ1v) is 12.8. The van der Waals surface area contributed by atoms with Gasteiger partial charge in [0, 0.05) is 42.2 Å². The molecule has 4 aromatic rings. The van der Waals surface area contributed by atoms with Crippen molar-refractivity contribution in [3.8, 4) is 11.4 Å². The second-order valence-electron chi connectivity index (χ2n) is 9.71. The van der Waals surface area contributed by atoms with E-state index in [9.17, 15) is 0 Å². The van der Waals surface area contributed by atoms with Gasteiger partial charge in [-0.25, -0.2) is 13.8 Å². The number of ether oxygens (including phenoxy) is 1. The molecule has 1 aliphatic rings. The van der Waals surface area contributed by atoms with Crippen molar-refractivity contribution in [3.05, 3.63) is 76.4 Å². The standard InChI is InChI=1S/C29H29ClF2N4O/c1-17(2)14-20-22(31)16-25-26(27(20)32)29(18(3)28(35-25)23-6-4-5-9-33-23)34-24-15-19(7-8-21(24)30)36-10-12-37-13-11-36/h4-9,15-17H,10-14H2,1-3H3,(H,34,35). The Morgan fingerprint density at radius 2 is 1.89 bits per heavy atom. The highest BCUT2D eigenvalue weighted by Crippen LogP contribution is 2.40. The van der Waals surface area contributed by atoms with E-state index in [0.717, 1.165) is 18.8 Å². The zero-order chi connectivity index (χ0) is 26.1. The zero-order valence-electron chi connectivity index (χ0n) is 21.1. The smallest absolute Gasteiger partial charge is 0.140 e. The van der Waals surface area contributed by atoms with Crippen LogP contribution in [0.25, 0.3) is 22.3 Å². The molecule has 0 unspecified atom stereocenters.